The van der Waals surface area contributed by atoms with Crippen LogP contribution in [-0.2, 0) is 14.3 Å². The Morgan fingerprint density at radius 2 is 1.93 bits per heavy atom. The van der Waals surface area contributed by atoms with E-state index in [1.54, 1.807) is 17.0 Å². The highest BCUT2D eigenvalue weighted by atomic mass is 32.2. The van der Waals surface area contributed by atoms with Crippen LogP contribution in [0, 0.1) is 5.82 Å². The molecule has 0 N–H and O–H groups in total. The van der Waals surface area contributed by atoms with E-state index in [9.17, 15) is 18.8 Å². The molecule has 1 aromatic rings. The van der Waals surface area contributed by atoms with E-state index in [1.807, 2.05) is 4.90 Å². The SMILES string of the molecule is CC(=O)SC[C@H]1CN(c2ccc(N3CCN(C(C)=O)CC3)c(F)c2)C(=O)O1. The zero-order valence-corrected chi connectivity index (χ0v) is 16.1. The third-order valence-electron chi connectivity index (χ3n) is 4.66. The summed E-state index contributed by atoms with van der Waals surface area (Å²) in [5.74, 6) is -0.00731. The van der Waals surface area contributed by atoms with Crippen LogP contribution in [-0.4, -0.2) is 66.6 Å². The van der Waals surface area contributed by atoms with Gasteiger partial charge in [-0.2, -0.15) is 0 Å². The molecule has 146 valence electrons. The number of carbonyl (C=O) groups is 3. The molecule has 9 heteroatoms. The topological polar surface area (TPSA) is 70.2 Å². The summed E-state index contributed by atoms with van der Waals surface area (Å²) in [5, 5.41) is -0.0373. The van der Waals surface area contributed by atoms with Crippen LogP contribution in [0.15, 0.2) is 18.2 Å². The Labute approximate surface area is 161 Å². The minimum absolute atomic E-state index is 0.0236. The normalized spacial score (nSPS) is 20.0. The second-order valence-electron chi connectivity index (χ2n) is 6.55. The number of cyclic esters (lactones) is 1. The van der Waals surface area contributed by atoms with Gasteiger partial charge in [0.1, 0.15) is 11.9 Å². The molecule has 0 aromatic heterocycles. The fourth-order valence-electron chi connectivity index (χ4n) is 3.21. The maximum Gasteiger partial charge on any atom is 0.414 e. The fourth-order valence-corrected chi connectivity index (χ4v) is 3.81. The highest BCUT2D eigenvalue weighted by molar-refractivity contribution is 8.13. The van der Waals surface area contributed by atoms with Crippen molar-refractivity contribution in [2.75, 3.05) is 48.3 Å². The van der Waals surface area contributed by atoms with Gasteiger partial charge in [-0.1, -0.05) is 11.8 Å². The van der Waals surface area contributed by atoms with Crippen molar-refractivity contribution < 1.29 is 23.5 Å². The van der Waals surface area contributed by atoms with E-state index >= 15 is 0 Å². The maximum absolute atomic E-state index is 14.7. The molecule has 2 aliphatic rings. The van der Waals surface area contributed by atoms with E-state index in [2.05, 4.69) is 0 Å². The molecule has 2 saturated heterocycles. The molecule has 0 spiro atoms. The number of hydrogen-bond acceptors (Lipinski definition) is 6. The van der Waals surface area contributed by atoms with Crippen molar-refractivity contribution in [2.24, 2.45) is 0 Å². The zero-order valence-electron chi connectivity index (χ0n) is 15.3. The van der Waals surface area contributed by atoms with Crippen molar-refractivity contribution in [3.05, 3.63) is 24.0 Å². The minimum Gasteiger partial charge on any atom is -0.443 e. The predicted molar refractivity (Wildman–Crippen MR) is 102 cm³/mol. The first-order chi connectivity index (χ1) is 12.8. The van der Waals surface area contributed by atoms with E-state index < -0.39 is 18.0 Å². The summed E-state index contributed by atoms with van der Waals surface area (Å²) in [4.78, 5) is 39.5. The number of halogens is 1. The molecule has 0 bridgehead atoms. The number of rotatable bonds is 4. The van der Waals surface area contributed by atoms with Crippen LogP contribution in [0.2, 0.25) is 0 Å². The number of hydrogen-bond donors (Lipinski definition) is 0. The van der Waals surface area contributed by atoms with Crippen LogP contribution in [0.3, 0.4) is 0 Å². The van der Waals surface area contributed by atoms with Crippen molar-refractivity contribution in [1.29, 1.82) is 0 Å². The summed E-state index contributed by atoms with van der Waals surface area (Å²) in [6, 6.07) is 4.67. The highest BCUT2D eigenvalue weighted by Gasteiger charge is 2.33. The summed E-state index contributed by atoms with van der Waals surface area (Å²) >= 11 is 1.10. The molecule has 0 saturated carbocycles. The lowest BCUT2D eigenvalue weighted by atomic mass is 10.2. The van der Waals surface area contributed by atoms with Crippen molar-refractivity contribution in [1.82, 2.24) is 4.90 Å². The Morgan fingerprint density at radius 1 is 1.22 bits per heavy atom. The van der Waals surface area contributed by atoms with Gasteiger partial charge in [0.2, 0.25) is 5.91 Å². The van der Waals surface area contributed by atoms with Gasteiger partial charge in [-0.3, -0.25) is 14.5 Å². The van der Waals surface area contributed by atoms with Gasteiger partial charge in [0.25, 0.3) is 0 Å². The number of piperazine rings is 1. The quantitative estimate of drug-likeness (QED) is 0.778. The van der Waals surface area contributed by atoms with Crippen molar-refractivity contribution in [3.8, 4) is 0 Å². The molecule has 2 heterocycles. The summed E-state index contributed by atoms with van der Waals surface area (Å²) in [5.41, 5.74) is 0.886. The van der Waals surface area contributed by atoms with Crippen LogP contribution in [0.4, 0.5) is 20.6 Å². The number of nitrogens with zero attached hydrogens (tertiary/aromatic N) is 3. The van der Waals surface area contributed by atoms with Gasteiger partial charge in [-0.25, -0.2) is 9.18 Å². The Morgan fingerprint density at radius 3 is 2.52 bits per heavy atom. The molecular weight excluding hydrogens is 373 g/mol. The summed E-state index contributed by atoms with van der Waals surface area (Å²) in [6.07, 6.45) is -0.930. The molecule has 3 rings (SSSR count). The first kappa shape index (κ1) is 19.5. The van der Waals surface area contributed by atoms with Gasteiger partial charge >= 0.3 is 6.09 Å². The van der Waals surface area contributed by atoms with Crippen LogP contribution >= 0.6 is 11.8 Å². The molecule has 2 amide bonds. The van der Waals surface area contributed by atoms with Crippen molar-refractivity contribution in [2.45, 2.75) is 20.0 Å². The van der Waals surface area contributed by atoms with Gasteiger partial charge in [0, 0.05) is 45.8 Å². The molecule has 0 aliphatic carbocycles. The molecule has 0 unspecified atom stereocenters. The van der Waals surface area contributed by atoms with Crippen LogP contribution in [0.1, 0.15) is 13.8 Å². The number of ether oxygens (including phenoxy) is 1. The zero-order chi connectivity index (χ0) is 19.6. The first-order valence-electron chi connectivity index (χ1n) is 8.76. The second-order valence-corrected chi connectivity index (χ2v) is 7.74. The van der Waals surface area contributed by atoms with Gasteiger partial charge in [0.15, 0.2) is 5.12 Å². The Kier molecular flexibility index (Phi) is 5.88. The largest absolute Gasteiger partial charge is 0.443 e. The lowest BCUT2D eigenvalue weighted by molar-refractivity contribution is -0.129. The Balaban J connectivity index is 1.66. The fraction of sp³-hybridized carbons (Fsp3) is 0.500. The summed E-state index contributed by atoms with van der Waals surface area (Å²) in [6.45, 7) is 5.52. The summed E-state index contributed by atoms with van der Waals surface area (Å²) in [7, 11) is 0. The Hall–Kier alpha value is -2.29. The lowest BCUT2D eigenvalue weighted by Gasteiger charge is -2.35. The molecule has 1 atom stereocenters. The van der Waals surface area contributed by atoms with Crippen molar-refractivity contribution in [3.63, 3.8) is 0 Å². The maximum atomic E-state index is 14.7. The van der Waals surface area contributed by atoms with E-state index in [0.29, 0.717) is 43.3 Å². The van der Waals surface area contributed by atoms with E-state index in [0.717, 1.165) is 11.8 Å². The second kappa shape index (κ2) is 8.16. The highest BCUT2D eigenvalue weighted by Crippen LogP contribution is 2.29. The average Bonchev–Trinajstić information content (AvgIpc) is 3.01. The number of carbonyl (C=O) groups excluding carboxylic acids is 3. The molecule has 0 radical (unpaired) electrons. The van der Waals surface area contributed by atoms with Crippen molar-refractivity contribution >= 4 is 40.3 Å². The third kappa shape index (κ3) is 4.52. The lowest BCUT2D eigenvalue weighted by Crippen LogP contribution is -2.48. The number of benzene rings is 1. The van der Waals surface area contributed by atoms with Crippen LogP contribution in [0.25, 0.3) is 0 Å². The van der Waals surface area contributed by atoms with E-state index in [-0.39, 0.29) is 17.6 Å². The van der Waals surface area contributed by atoms with Gasteiger partial charge in [-0.15, -0.1) is 0 Å². The monoisotopic (exact) mass is 395 g/mol. The molecule has 2 aliphatic heterocycles. The van der Waals surface area contributed by atoms with E-state index in [1.165, 1.54) is 24.8 Å². The van der Waals surface area contributed by atoms with E-state index in [4.69, 9.17) is 4.74 Å². The molecule has 27 heavy (non-hydrogen) atoms. The number of amides is 2. The summed E-state index contributed by atoms with van der Waals surface area (Å²) < 4.78 is 19.9. The average molecular weight is 395 g/mol. The third-order valence-corrected chi connectivity index (χ3v) is 5.60. The van der Waals surface area contributed by atoms with Crippen LogP contribution < -0.4 is 9.80 Å². The standard InChI is InChI=1S/C18H22FN3O4S/c1-12(23)20-5-7-21(8-6-20)17-4-3-14(9-16(17)19)22-10-15(26-18(22)25)11-27-13(2)24/h3-4,9,15H,5-8,10-11H2,1-2H3/t15-/m1/s1. The minimum atomic E-state index is -0.536. The molecule has 1 aromatic carbocycles. The van der Waals surface area contributed by atoms with Gasteiger partial charge in [0.05, 0.1) is 17.9 Å². The first-order valence-corrected chi connectivity index (χ1v) is 9.75. The number of anilines is 2. The van der Waals surface area contributed by atoms with Gasteiger partial charge < -0.3 is 14.5 Å². The molecule has 2 fully saturated rings. The molecule has 7 nitrogen and oxygen atoms in total. The van der Waals surface area contributed by atoms with Gasteiger partial charge in [-0.05, 0) is 18.2 Å². The molecular formula is C18H22FN3O4S. The smallest absolute Gasteiger partial charge is 0.414 e. The number of thioether (sulfide) groups is 1. The predicted octanol–water partition coefficient (Wildman–Crippen LogP) is 2.10. The van der Waals surface area contributed by atoms with Crippen LogP contribution in [0.5, 0.6) is 0 Å². The Bertz CT molecular complexity index is 752.